The smallest absolute Gasteiger partial charge is 0.0601 e. The quantitative estimate of drug-likeness (QED) is 0.597. The molecule has 0 aromatic rings. The van der Waals surface area contributed by atoms with Crippen molar-refractivity contribution in [2.45, 2.75) is 45.6 Å². The molecule has 0 heterocycles. The standard InChI is InChI=1S/C10H20O/c1-8(2)9-6-4-5-7-10(9)11-3/h8-10H,4-7H2,1-3H3/t9-,10-/m0/s1. The lowest BCUT2D eigenvalue weighted by atomic mass is 9.79. The van der Waals surface area contributed by atoms with Crippen LogP contribution in [0.3, 0.4) is 0 Å². The zero-order valence-electron chi connectivity index (χ0n) is 7.97. The molecule has 1 rings (SSSR count). The van der Waals surface area contributed by atoms with E-state index in [1.807, 2.05) is 7.11 Å². The fraction of sp³-hybridized carbons (Fsp3) is 1.00. The van der Waals surface area contributed by atoms with E-state index < -0.39 is 0 Å². The van der Waals surface area contributed by atoms with Crippen LogP contribution in [0.5, 0.6) is 0 Å². The van der Waals surface area contributed by atoms with Crippen molar-refractivity contribution in [3.8, 4) is 0 Å². The average Bonchev–Trinajstić information content (AvgIpc) is 2.04. The molecule has 0 radical (unpaired) electrons. The first-order chi connectivity index (χ1) is 5.25. The van der Waals surface area contributed by atoms with Crippen molar-refractivity contribution < 1.29 is 4.74 Å². The van der Waals surface area contributed by atoms with Crippen molar-refractivity contribution in [2.75, 3.05) is 7.11 Å². The second-order valence-electron chi connectivity index (χ2n) is 3.97. The minimum atomic E-state index is 0.545. The van der Waals surface area contributed by atoms with Crippen LogP contribution < -0.4 is 0 Å². The topological polar surface area (TPSA) is 9.23 Å². The summed E-state index contributed by atoms with van der Waals surface area (Å²) in [5.74, 6) is 1.61. The van der Waals surface area contributed by atoms with Crippen LogP contribution in [0, 0.1) is 11.8 Å². The molecular formula is C10H20O. The largest absolute Gasteiger partial charge is 0.381 e. The Hall–Kier alpha value is -0.0400. The predicted molar refractivity (Wildman–Crippen MR) is 47.6 cm³/mol. The van der Waals surface area contributed by atoms with Gasteiger partial charge in [0.15, 0.2) is 0 Å². The van der Waals surface area contributed by atoms with Gasteiger partial charge in [-0.05, 0) is 24.7 Å². The van der Waals surface area contributed by atoms with Gasteiger partial charge in [0.2, 0.25) is 0 Å². The summed E-state index contributed by atoms with van der Waals surface area (Å²) in [6.07, 6.45) is 5.96. The first-order valence-corrected chi connectivity index (χ1v) is 4.78. The summed E-state index contributed by atoms with van der Waals surface area (Å²) in [6.45, 7) is 4.62. The van der Waals surface area contributed by atoms with Crippen LogP contribution in [0.2, 0.25) is 0 Å². The molecule has 0 saturated heterocycles. The number of hydrogen-bond acceptors (Lipinski definition) is 1. The van der Waals surface area contributed by atoms with E-state index in [4.69, 9.17) is 4.74 Å². The Balaban J connectivity index is 2.44. The summed E-state index contributed by atoms with van der Waals surface area (Å²) in [5, 5.41) is 0. The lowest BCUT2D eigenvalue weighted by Crippen LogP contribution is -2.30. The van der Waals surface area contributed by atoms with Crippen LogP contribution in [0.4, 0.5) is 0 Å². The van der Waals surface area contributed by atoms with Gasteiger partial charge in [-0.3, -0.25) is 0 Å². The zero-order valence-corrected chi connectivity index (χ0v) is 7.97. The maximum absolute atomic E-state index is 5.47. The zero-order chi connectivity index (χ0) is 8.27. The van der Waals surface area contributed by atoms with Crippen LogP contribution >= 0.6 is 0 Å². The normalized spacial score (nSPS) is 32.7. The molecule has 0 spiro atoms. The SMILES string of the molecule is CO[C@H]1CCCC[C@H]1C(C)C. The Morgan fingerprint density at radius 1 is 1.18 bits per heavy atom. The van der Waals surface area contributed by atoms with Gasteiger partial charge in [0.05, 0.1) is 6.10 Å². The summed E-state index contributed by atoms with van der Waals surface area (Å²) in [4.78, 5) is 0. The third kappa shape index (κ3) is 2.19. The third-order valence-corrected chi connectivity index (χ3v) is 2.91. The molecule has 0 amide bonds. The van der Waals surface area contributed by atoms with Crippen LogP contribution in [0.15, 0.2) is 0 Å². The molecule has 2 atom stereocenters. The Bertz CT molecular complexity index is 109. The Kier molecular flexibility index (Phi) is 3.38. The van der Waals surface area contributed by atoms with E-state index in [0.717, 1.165) is 11.8 Å². The molecule has 1 aliphatic carbocycles. The number of ether oxygens (including phenoxy) is 1. The van der Waals surface area contributed by atoms with Gasteiger partial charge < -0.3 is 4.74 Å². The first-order valence-electron chi connectivity index (χ1n) is 4.78. The highest BCUT2D eigenvalue weighted by atomic mass is 16.5. The van der Waals surface area contributed by atoms with E-state index in [-0.39, 0.29) is 0 Å². The van der Waals surface area contributed by atoms with E-state index in [0.29, 0.717) is 6.10 Å². The van der Waals surface area contributed by atoms with E-state index >= 15 is 0 Å². The van der Waals surface area contributed by atoms with E-state index in [9.17, 15) is 0 Å². The Morgan fingerprint density at radius 3 is 2.27 bits per heavy atom. The molecule has 0 aromatic carbocycles. The van der Waals surface area contributed by atoms with Gasteiger partial charge >= 0.3 is 0 Å². The van der Waals surface area contributed by atoms with E-state index in [1.54, 1.807) is 0 Å². The molecule has 11 heavy (non-hydrogen) atoms. The molecule has 1 saturated carbocycles. The fourth-order valence-electron chi connectivity index (χ4n) is 2.18. The van der Waals surface area contributed by atoms with Crippen molar-refractivity contribution >= 4 is 0 Å². The van der Waals surface area contributed by atoms with E-state index in [2.05, 4.69) is 13.8 Å². The molecule has 0 aliphatic heterocycles. The van der Waals surface area contributed by atoms with Crippen molar-refractivity contribution in [3.05, 3.63) is 0 Å². The van der Waals surface area contributed by atoms with Gasteiger partial charge in [0.25, 0.3) is 0 Å². The molecule has 1 fully saturated rings. The van der Waals surface area contributed by atoms with Crippen molar-refractivity contribution in [1.29, 1.82) is 0 Å². The summed E-state index contributed by atoms with van der Waals surface area (Å²) < 4.78 is 5.47. The van der Waals surface area contributed by atoms with Crippen molar-refractivity contribution in [3.63, 3.8) is 0 Å². The molecule has 0 aromatic heterocycles. The molecule has 0 unspecified atom stereocenters. The monoisotopic (exact) mass is 156 g/mol. The van der Waals surface area contributed by atoms with Gasteiger partial charge in [0, 0.05) is 7.11 Å². The lowest BCUT2D eigenvalue weighted by Gasteiger charge is -2.33. The van der Waals surface area contributed by atoms with Crippen LogP contribution in [-0.4, -0.2) is 13.2 Å². The van der Waals surface area contributed by atoms with Crippen LogP contribution in [0.25, 0.3) is 0 Å². The van der Waals surface area contributed by atoms with Crippen molar-refractivity contribution in [1.82, 2.24) is 0 Å². The van der Waals surface area contributed by atoms with Gasteiger partial charge in [-0.2, -0.15) is 0 Å². The minimum absolute atomic E-state index is 0.545. The Morgan fingerprint density at radius 2 is 1.82 bits per heavy atom. The third-order valence-electron chi connectivity index (χ3n) is 2.91. The number of rotatable bonds is 2. The van der Waals surface area contributed by atoms with Crippen LogP contribution in [-0.2, 0) is 4.74 Å². The highest BCUT2D eigenvalue weighted by Gasteiger charge is 2.26. The second kappa shape index (κ2) is 4.10. The highest BCUT2D eigenvalue weighted by Crippen LogP contribution is 2.31. The Labute approximate surface area is 70.1 Å². The predicted octanol–water partition coefficient (Wildman–Crippen LogP) is 2.85. The maximum Gasteiger partial charge on any atom is 0.0601 e. The van der Waals surface area contributed by atoms with Gasteiger partial charge in [-0.25, -0.2) is 0 Å². The maximum atomic E-state index is 5.47. The second-order valence-corrected chi connectivity index (χ2v) is 3.97. The number of hydrogen-bond donors (Lipinski definition) is 0. The van der Waals surface area contributed by atoms with Crippen molar-refractivity contribution in [2.24, 2.45) is 11.8 Å². The molecule has 0 bridgehead atoms. The molecule has 1 heteroatoms. The number of methoxy groups -OCH3 is 1. The molecular weight excluding hydrogens is 136 g/mol. The molecule has 1 aliphatic rings. The summed E-state index contributed by atoms with van der Waals surface area (Å²) in [7, 11) is 1.85. The summed E-state index contributed by atoms with van der Waals surface area (Å²) >= 11 is 0. The molecule has 0 N–H and O–H groups in total. The van der Waals surface area contributed by atoms with Gasteiger partial charge in [0.1, 0.15) is 0 Å². The fourth-order valence-corrected chi connectivity index (χ4v) is 2.18. The van der Waals surface area contributed by atoms with Gasteiger partial charge in [-0.15, -0.1) is 0 Å². The summed E-state index contributed by atoms with van der Waals surface area (Å²) in [5.41, 5.74) is 0. The van der Waals surface area contributed by atoms with Gasteiger partial charge in [-0.1, -0.05) is 26.7 Å². The molecule has 1 nitrogen and oxygen atoms in total. The lowest BCUT2D eigenvalue weighted by molar-refractivity contribution is 0.00526. The minimum Gasteiger partial charge on any atom is -0.381 e. The average molecular weight is 156 g/mol. The molecule has 66 valence electrons. The van der Waals surface area contributed by atoms with Crippen LogP contribution in [0.1, 0.15) is 39.5 Å². The highest BCUT2D eigenvalue weighted by molar-refractivity contribution is 4.77. The van der Waals surface area contributed by atoms with E-state index in [1.165, 1.54) is 25.7 Å². The first kappa shape index (κ1) is 9.05. The summed E-state index contributed by atoms with van der Waals surface area (Å²) in [6, 6.07) is 0.